The van der Waals surface area contributed by atoms with Gasteiger partial charge in [0.1, 0.15) is 0 Å². The normalized spacial score (nSPS) is 18.5. The van der Waals surface area contributed by atoms with Gasteiger partial charge >= 0.3 is 0 Å². The Morgan fingerprint density at radius 1 is 0.875 bits per heavy atom. The third-order valence-corrected chi connectivity index (χ3v) is 8.11. The highest BCUT2D eigenvalue weighted by Crippen LogP contribution is 2.28. The molecular formula is C24H32N4O3S. The zero-order chi connectivity index (χ0) is 22.6. The van der Waals surface area contributed by atoms with Crippen LogP contribution < -0.4 is 10.2 Å². The highest BCUT2D eigenvalue weighted by Gasteiger charge is 2.27. The van der Waals surface area contributed by atoms with Crippen LogP contribution in [0.15, 0.2) is 53.4 Å². The number of aryl methyl sites for hydroxylation is 1. The Balaban J connectivity index is 1.35. The van der Waals surface area contributed by atoms with Crippen molar-refractivity contribution in [3.63, 3.8) is 0 Å². The number of para-hydroxylation sites is 2. The number of benzene rings is 2. The molecule has 1 amide bonds. The number of carbonyl (C=O) groups excluding carboxylic acids is 1. The molecule has 2 heterocycles. The summed E-state index contributed by atoms with van der Waals surface area (Å²) in [7, 11) is -3.52. The van der Waals surface area contributed by atoms with Gasteiger partial charge in [-0.2, -0.15) is 4.31 Å². The van der Waals surface area contributed by atoms with Gasteiger partial charge in [-0.1, -0.05) is 29.8 Å². The maximum absolute atomic E-state index is 13.0. The minimum atomic E-state index is -3.52. The second kappa shape index (κ2) is 10.0. The van der Waals surface area contributed by atoms with E-state index in [-0.39, 0.29) is 12.5 Å². The smallest absolute Gasteiger partial charge is 0.243 e. The molecule has 0 aliphatic carbocycles. The van der Waals surface area contributed by atoms with Crippen molar-refractivity contribution in [3.8, 4) is 0 Å². The Hall–Kier alpha value is -2.42. The van der Waals surface area contributed by atoms with Crippen molar-refractivity contribution in [3.05, 3.63) is 54.1 Å². The first-order chi connectivity index (χ1) is 15.4. The molecule has 0 radical (unpaired) electrons. The number of carbonyl (C=O) groups is 1. The quantitative estimate of drug-likeness (QED) is 0.724. The van der Waals surface area contributed by atoms with Gasteiger partial charge in [0.2, 0.25) is 15.9 Å². The van der Waals surface area contributed by atoms with Crippen molar-refractivity contribution in [1.29, 1.82) is 0 Å². The zero-order valence-electron chi connectivity index (χ0n) is 18.7. The number of sulfonamides is 1. The summed E-state index contributed by atoms with van der Waals surface area (Å²) in [5.41, 5.74) is 2.95. The maximum atomic E-state index is 13.0. The molecule has 2 aromatic carbocycles. The summed E-state index contributed by atoms with van der Waals surface area (Å²) >= 11 is 0. The monoisotopic (exact) mass is 456 g/mol. The minimum Gasteiger partial charge on any atom is -0.370 e. The van der Waals surface area contributed by atoms with Gasteiger partial charge in [0.15, 0.2) is 0 Å². The van der Waals surface area contributed by atoms with Crippen molar-refractivity contribution in [2.24, 2.45) is 0 Å². The largest absolute Gasteiger partial charge is 0.370 e. The molecule has 0 spiro atoms. The lowest BCUT2D eigenvalue weighted by Crippen LogP contribution is -2.38. The summed E-state index contributed by atoms with van der Waals surface area (Å²) in [5.74, 6) is -0.0634. The van der Waals surface area contributed by atoms with E-state index in [9.17, 15) is 13.2 Å². The predicted octanol–water partition coefficient (Wildman–Crippen LogP) is 2.93. The number of hydrogen-bond donors (Lipinski definition) is 1. The Labute approximate surface area is 191 Å². The predicted molar refractivity (Wildman–Crippen MR) is 128 cm³/mol. The molecule has 0 saturated carbocycles. The SMILES string of the molecule is Cc1ccc(S(=O)(=O)N2CCCN(CC(=O)Nc3ccccc3N3CCCC3)CC2)cc1. The number of nitrogens with zero attached hydrogens (tertiary/aromatic N) is 3. The van der Waals surface area contributed by atoms with Crippen LogP contribution in [0.5, 0.6) is 0 Å². The first-order valence-corrected chi connectivity index (χ1v) is 12.8. The average Bonchev–Trinajstić information content (AvgIpc) is 3.20. The molecule has 2 fully saturated rings. The first-order valence-electron chi connectivity index (χ1n) is 11.4. The third-order valence-electron chi connectivity index (χ3n) is 6.20. The molecule has 0 unspecified atom stereocenters. The van der Waals surface area contributed by atoms with Crippen LogP contribution in [0.2, 0.25) is 0 Å². The second-order valence-electron chi connectivity index (χ2n) is 8.61. The fourth-order valence-corrected chi connectivity index (χ4v) is 5.88. The summed E-state index contributed by atoms with van der Waals surface area (Å²) in [4.78, 5) is 17.5. The number of rotatable bonds is 6. The molecule has 0 aromatic heterocycles. The molecule has 8 heteroatoms. The van der Waals surface area contributed by atoms with Crippen molar-refractivity contribution >= 4 is 27.3 Å². The van der Waals surface area contributed by atoms with E-state index < -0.39 is 10.0 Å². The highest BCUT2D eigenvalue weighted by molar-refractivity contribution is 7.89. The minimum absolute atomic E-state index is 0.0634. The van der Waals surface area contributed by atoms with Gasteiger partial charge < -0.3 is 10.2 Å². The summed E-state index contributed by atoms with van der Waals surface area (Å²) in [6, 6.07) is 14.9. The summed E-state index contributed by atoms with van der Waals surface area (Å²) < 4.78 is 27.6. The van der Waals surface area contributed by atoms with Gasteiger partial charge in [0, 0.05) is 32.7 Å². The van der Waals surface area contributed by atoms with Crippen LogP contribution in [0.4, 0.5) is 11.4 Å². The fourth-order valence-electron chi connectivity index (χ4n) is 4.41. The van der Waals surface area contributed by atoms with Crippen molar-refractivity contribution in [1.82, 2.24) is 9.21 Å². The molecule has 2 aliphatic heterocycles. The zero-order valence-corrected chi connectivity index (χ0v) is 19.5. The summed E-state index contributed by atoms with van der Waals surface area (Å²) in [5, 5.41) is 3.07. The van der Waals surface area contributed by atoms with Crippen LogP contribution >= 0.6 is 0 Å². The molecule has 2 saturated heterocycles. The number of amides is 1. The van der Waals surface area contributed by atoms with Gasteiger partial charge in [-0.3, -0.25) is 9.69 Å². The van der Waals surface area contributed by atoms with Crippen LogP contribution in [0.3, 0.4) is 0 Å². The summed E-state index contributed by atoms with van der Waals surface area (Å²) in [6.45, 7) is 6.31. The Morgan fingerprint density at radius 3 is 2.34 bits per heavy atom. The topological polar surface area (TPSA) is 73.0 Å². The number of hydrogen-bond acceptors (Lipinski definition) is 5. The van der Waals surface area contributed by atoms with Gasteiger partial charge in [-0.05, 0) is 57.0 Å². The van der Waals surface area contributed by atoms with E-state index in [0.717, 1.165) is 30.0 Å². The van der Waals surface area contributed by atoms with Gasteiger partial charge in [-0.25, -0.2) is 8.42 Å². The second-order valence-corrected chi connectivity index (χ2v) is 10.5. The Kier molecular flexibility index (Phi) is 7.13. The molecule has 2 aliphatic rings. The summed E-state index contributed by atoms with van der Waals surface area (Å²) in [6.07, 6.45) is 3.05. The molecule has 0 atom stereocenters. The molecular weight excluding hydrogens is 424 g/mol. The van der Waals surface area contributed by atoms with Crippen molar-refractivity contribution in [2.75, 3.05) is 56.0 Å². The molecule has 1 N–H and O–H groups in total. The lowest BCUT2D eigenvalue weighted by Gasteiger charge is -2.23. The van der Waals surface area contributed by atoms with E-state index >= 15 is 0 Å². The highest BCUT2D eigenvalue weighted by atomic mass is 32.2. The number of nitrogens with one attached hydrogen (secondary N) is 1. The molecule has 7 nitrogen and oxygen atoms in total. The van der Waals surface area contributed by atoms with E-state index in [1.165, 1.54) is 17.1 Å². The van der Waals surface area contributed by atoms with E-state index in [0.29, 0.717) is 37.5 Å². The van der Waals surface area contributed by atoms with Crippen LogP contribution in [0.25, 0.3) is 0 Å². The Morgan fingerprint density at radius 2 is 1.59 bits per heavy atom. The van der Waals surface area contributed by atoms with E-state index in [1.807, 2.05) is 42.2 Å². The van der Waals surface area contributed by atoms with Crippen molar-refractivity contribution < 1.29 is 13.2 Å². The standard InChI is InChI=1S/C24H32N4O3S/c1-20-9-11-21(12-10-20)32(30,31)28-16-6-13-26(17-18-28)19-24(29)25-22-7-2-3-8-23(22)27-14-4-5-15-27/h2-3,7-12H,4-6,13-19H2,1H3,(H,25,29). The van der Waals surface area contributed by atoms with Crippen LogP contribution in [0, 0.1) is 6.92 Å². The molecule has 32 heavy (non-hydrogen) atoms. The van der Waals surface area contributed by atoms with Crippen LogP contribution in [0.1, 0.15) is 24.8 Å². The molecule has 0 bridgehead atoms. The van der Waals surface area contributed by atoms with Gasteiger partial charge in [0.05, 0.1) is 22.8 Å². The van der Waals surface area contributed by atoms with Crippen LogP contribution in [-0.4, -0.2) is 69.3 Å². The van der Waals surface area contributed by atoms with E-state index in [1.54, 1.807) is 12.1 Å². The molecule has 172 valence electrons. The van der Waals surface area contributed by atoms with Gasteiger partial charge in [0.25, 0.3) is 0 Å². The third kappa shape index (κ3) is 5.31. The van der Waals surface area contributed by atoms with Crippen molar-refractivity contribution in [2.45, 2.75) is 31.1 Å². The first kappa shape index (κ1) is 22.8. The Bertz CT molecular complexity index is 1030. The molecule has 4 rings (SSSR count). The lowest BCUT2D eigenvalue weighted by molar-refractivity contribution is -0.117. The van der Waals surface area contributed by atoms with Gasteiger partial charge in [-0.15, -0.1) is 0 Å². The number of anilines is 2. The lowest BCUT2D eigenvalue weighted by atomic mass is 10.2. The average molecular weight is 457 g/mol. The molecule has 2 aromatic rings. The maximum Gasteiger partial charge on any atom is 0.243 e. The van der Waals surface area contributed by atoms with Crippen LogP contribution in [-0.2, 0) is 14.8 Å². The van der Waals surface area contributed by atoms with E-state index in [4.69, 9.17) is 0 Å². The fraction of sp³-hybridized carbons (Fsp3) is 0.458. The van der Waals surface area contributed by atoms with E-state index in [2.05, 4.69) is 16.3 Å².